The lowest BCUT2D eigenvalue weighted by Crippen LogP contribution is -2.55. The Hall–Kier alpha value is -0.610. The van der Waals surface area contributed by atoms with Crippen LogP contribution in [0.15, 0.2) is 0 Å². The number of nitrogens with zero attached hydrogens (tertiary/aromatic N) is 2. The Bertz CT molecular complexity index is 184. The lowest BCUT2D eigenvalue weighted by Gasteiger charge is -2.39. The van der Waals surface area contributed by atoms with Crippen LogP contribution in [0.5, 0.6) is 0 Å². The molecule has 0 aliphatic carbocycles. The van der Waals surface area contributed by atoms with Gasteiger partial charge in [-0.3, -0.25) is 9.69 Å². The first kappa shape index (κ1) is 10.5. The van der Waals surface area contributed by atoms with Crippen LogP contribution in [0.2, 0.25) is 0 Å². The van der Waals surface area contributed by atoms with Gasteiger partial charge in [0.05, 0.1) is 0 Å². The Balaban J connectivity index is 2.47. The summed E-state index contributed by atoms with van der Waals surface area (Å²) in [6.45, 7) is 5.28. The lowest BCUT2D eigenvalue weighted by atomic mass is 10.2. The van der Waals surface area contributed by atoms with Gasteiger partial charge in [-0.2, -0.15) is 0 Å². The molecule has 1 fully saturated rings. The van der Waals surface area contributed by atoms with Gasteiger partial charge in [0.25, 0.3) is 0 Å². The minimum atomic E-state index is 0.189. The van der Waals surface area contributed by atoms with Crippen LogP contribution in [0.1, 0.15) is 6.92 Å². The molecule has 0 saturated carbocycles. The molecule has 13 heavy (non-hydrogen) atoms. The largest absolute Gasteiger partial charge is 0.340 e. The fourth-order valence-corrected chi connectivity index (χ4v) is 1.69. The Kier molecular flexibility index (Phi) is 3.69. The van der Waals surface area contributed by atoms with Crippen molar-refractivity contribution < 1.29 is 4.79 Å². The Morgan fingerprint density at radius 3 is 2.77 bits per heavy atom. The standard InChI is InChI=1S/C9H19N3O/c1-8(13)12-5-4-11(3)9(7-12)6-10-2/h9-10H,4-7H2,1-3H3. The third-order valence-corrected chi connectivity index (χ3v) is 2.66. The van der Waals surface area contributed by atoms with Crippen molar-refractivity contribution in [3.8, 4) is 0 Å². The normalized spacial score (nSPS) is 24.8. The average molecular weight is 185 g/mol. The van der Waals surface area contributed by atoms with E-state index in [9.17, 15) is 4.79 Å². The van der Waals surface area contributed by atoms with Gasteiger partial charge in [0.2, 0.25) is 5.91 Å². The molecule has 4 heteroatoms. The van der Waals surface area contributed by atoms with Gasteiger partial charge in [0.15, 0.2) is 0 Å². The summed E-state index contributed by atoms with van der Waals surface area (Å²) in [5.41, 5.74) is 0. The molecule has 0 spiro atoms. The van der Waals surface area contributed by atoms with E-state index in [1.165, 1.54) is 0 Å². The second-order valence-electron chi connectivity index (χ2n) is 3.66. The van der Waals surface area contributed by atoms with E-state index in [0.29, 0.717) is 6.04 Å². The zero-order chi connectivity index (χ0) is 9.84. The minimum Gasteiger partial charge on any atom is -0.340 e. The molecule has 1 saturated heterocycles. The summed E-state index contributed by atoms with van der Waals surface area (Å²) < 4.78 is 0. The summed E-state index contributed by atoms with van der Waals surface area (Å²) in [4.78, 5) is 15.4. The van der Waals surface area contributed by atoms with Crippen LogP contribution in [0.3, 0.4) is 0 Å². The van der Waals surface area contributed by atoms with E-state index in [1.807, 2.05) is 11.9 Å². The molecular weight excluding hydrogens is 166 g/mol. The molecule has 1 unspecified atom stereocenters. The number of likely N-dealkylation sites (N-methyl/N-ethyl adjacent to an activating group) is 2. The third-order valence-electron chi connectivity index (χ3n) is 2.66. The van der Waals surface area contributed by atoms with E-state index >= 15 is 0 Å². The fraction of sp³-hybridized carbons (Fsp3) is 0.889. The SMILES string of the molecule is CNCC1CN(C(C)=O)CCN1C. The van der Waals surface area contributed by atoms with Crippen molar-refractivity contribution in [2.75, 3.05) is 40.3 Å². The number of carbonyl (C=O) groups excluding carboxylic acids is 1. The van der Waals surface area contributed by atoms with Crippen LogP contribution in [0.25, 0.3) is 0 Å². The van der Waals surface area contributed by atoms with Gasteiger partial charge in [-0.25, -0.2) is 0 Å². The van der Waals surface area contributed by atoms with Crippen molar-refractivity contribution >= 4 is 5.91 Å². The van der Waals surface area contributed by atoms with Crippen molar-refractivity contribution in [1.82, 2.24) is 15.1 Å². The van der Waals surface area contributed by atoms with Crippen LogP contribution in [-0.2, 0) is 4.79 Å². The van der Waals surface area contributed by atoms with Crippen LogP contribution >= 0.6 is 0 Å². The van der Waals surface area contributed by atoms with Crippen molar-refractivity contribution in [3.05, 3.63) is 0 Å². The molecule has 0 aromatic rings. The predicted molar refractivity (Wildman–Crippen MR) is 52.6 cm³/mol. The summed E-state index contributed by atoms with van der Waals surface area (Å²) in [5, 5.41) is 3.15. The molecule has 0 bridgehead atoms. The number of nitrogens with one attached hydrogen (secondary N) is 1. The number of amides is 1. The van der Waals surface area contributed by atoms with Crippen molar-refractivity contribution in [2.45, 2.75) is 13.0 Å². The van der Waals surface area contributed by atoms with E-state index in [4.69, 9.17) is 0 Å². The Labute approximate surface area is 79.9 Å². The van der Waals surface area contributed by atoms with Crippen LogP contribution < -0.4 is 5.32 Å². The maximum Gasteiger partial charge on any atom is 0.219 e. The highest BCUT2D eigenvalue weighted by molar-refractivity contribution is 5.73. The zero-order valence-electron chi connectivity index (χ0n) is 8.71. The van der Waals surface area contributed by atoms with Crippen molar-refractivity contribution in [3.63, 3.8) is 0 Å². The second kappa shape index (κ2) is 4.58. The van der Waals surface area contributed by atoms with Gasteiger partial charge in [0.1, 0.15) is 0 Å². The molecule has 76 valence electrons. The van der Waals surface area contributed by atoms with E-state index in [-0.39, 0.29) is 5.91 Å². The Morgan fingerprint density at radius 2 is 2.23 bits per heavy atom. The summed E-state index contributed by atoms with van der Waals surface area (Å²) >= 11 is 0. The van der Waals surface area contributed by atoms with Crippen LogP contribution in [-0.4, -0.2) is 62.0 Å². The summed E-state index contributed by atoms with van der Waals surface area (Å²) in [5.74, 6) is 0.189. The van der Waals surface area contributed by atoms with Gasteiger partial charge in [0, 0.05) is 39.1 Å². The predicted octanol–water partition coefficient (Wildman–Crippen LogP) is -0.632. The molecule has 1 heterocycles. The highest BCUT2D eigenvalue weighted by Crippen LogP contribution is 2.06. The van der Waals surface area contributed by atoms with E-state index in [1.54, 1.807) is 6.92 Å². The van der Waals surface area contributed by atoms with Crippen LogP contribution in [0, 0.1) is 0 Å². The number of rotatable bonds is 2. The van der Waals surface area contributed by atoms with Gasteiger partial charge in [-0.15, -0.1) is 0 Å². The number of hydrogen-bond acceptors (Lipinski definition) is 3. The molecule has 1 atom stereocenters. The van der Waals surface area contributed by atoms with Crippen LogP contribution in [0.4, 0.5) is 0 Å². The number of carbonyl (C=O) groups is 1. The quantitative estimate of drug-likeness (QED) is 0.622. The smallest absolute Gasteiger partial charge is 0.219 e. The monoisotopic (exact) mass is 185 g/mol. The molecule has 1 aliphatic rings. The highest BCUT2D eigenvalue weighted by atomic mass is 16.2. The topological polar surface area (TPSA) is 35.6 Å². The van der Waals surface area contributed by atoms with Crippen molar-refractivity contribution in [2.24, 2.45) is 0 Å². The summed E-state index contributed by atoms with van der Waals surface area (Å²) in [6, 6.07) is 0.461. The van der Waals surface area contributed by atoms with Gasteiger partial charge in [-0.1, -0.05) is 0 Å². The molecule has 0 aromatic carbocycles. The Morgan fingerprint density at radius 1 is 1.54 bits per heavy atom. The number of hydrogen-bond donors (Lipinski definition) is 1. The molecule has 1 N–H and O–H groups in total. The molecule has 1 amide bonds. The molecule has 1 rings (SSSR count). The minimum absolute atomic E-state index is 0.189. The average Bonchev–Trinajstić information content (AvgIpc) is 2.08. The summed E-state index contributed by atoms with van der Waals surface area (Å²) in [7, 11) is 4.06. The number of piperazine rings is 1. The first-order valence-electron chi connectivity index (χ1n) is 4.75. The summed E-state index contributed by atoms with van der Waals surface area (Å²) in [6.07, 6.45) is 0. The molecule has 4 nitrogen and oxygen atoms in total. The van der Waals surface area contributed by atoms with E-state index in [0.717, 1.165) is 26.2 Å². The second-order valence-corrected chi connectivity index (χ2v) is 3.66. The fourth-order valence-electron chi connectivity index (χ4n) is 1.69. The highest BCUT2D eigenvalue weighted by Gasteiger charge is 2.24. The molecular formula is C9H19N3O. The third kappa shape index (κ3) is 2.67. The van der Waals surface area contributed by atoms with Crippen molar-refractivity contribution in [1.29, 1.82) is 0 Å². The molecule has 1 aliphatic heterocycles. The molecule has 0 radical (unpaired) electrons. The maximum atomic E-state index is 11.1. The van der Waals surface area contributed by atoms with Gasteiger partial charge >= 0.3 is 0 Å². The maximum absolute atomic E-state index is 11.1. The first-order valence-corrected chi connectivity index (χ1v) is 4.75. The van der Waals surface area contributed by atoms with Gasteiger partial charge < -0.3 is 10.2 Å². The van der Waals surface area contributed by atoms with Gasteiger partial charge in [-0.05, 0) is 14.1 Å². The first-order chi connectivity index (χ1) is 6.15. The lowest BCUT2D eigenvalue weighted by molar-refractivity contribution is -0.131. The van der Waals surface area contributed by atoms with E-state index in [2.05, 4.69) is 17.3 Å². The molecule has 0 aromatic heterocycles. The van der Waals surface area contributed by atoms with E-state index < -0.39 is 0 Å². The zero-order valence-corrected chi connectivity index (χ0v) is 8.71.